The van der Waals surface area contributed by atoms with Crippen molar-refractivity contribution in [3.05, 3.63) is 128 Å². The number of hydrogen-bond acceptors (Lipinski definition) is 0. The molecule has 0 spiro atoms. The standard InChI is InChI=1S/C47H48Cl4N/c1-3-5-7-12-29-52(30-13-8-6-4-2,36-17-10-9-11-18-36)37-24-19-32(20-25-37)15-14-16-35-31-34-23-28-39(49)44-42(34)46(47(35)51)45-40(50)27-22-33-21-26-38(48)43(44)41(33)45/h9-11,17-28,31H,3-8,12-16,29-30H2,1-2H3/q+1. The molecule has 52 heavy (non-hydrogen) atoms. The van der Waals surface area contributed by atoms with Crippen molar-refractivity contribution in [1.29, 1.82) is 0 Å². The average Bonchev–Trinajstić information content (AvgIpc) is 3.17. The summed E-state index contributed by atoms with van der Waals surface area (Å²) in [5.41, 5.74) is 5.30. The number of rotatable bonds is 16. The molecule has 0 bridgehead atoms. The van der Waals surface area contributed by atoms with E-state index in [1.54, 1.807) is 0 Å². The third-order valence-corrected chi connectivity index (χ3v) is 12.6. The quantitative estimate of drug-likeness (QED) is 0.0398. The van der Waals surface area contributed by atoms with Crippen LogP contribution >= 0.6 is 46.4 Å². The van der Waals surface area contributed by atoms with E-state index in [1.165, 1.54) is 68.3 Å². The Morgan fingerprint density at radius 1 is 0.442 bits per heavy atom. The van der Waals surface area contributed by atoms with Crippen molar-refractivity contribution in [2.75, 3.05) is 13.1 Å². The second kappa shape index (κ2) is 16.5. The molecule has 1 nitrogen and oxygen atoms in total. The lowest BCUT2D eigenvalue weighted by Crippen LogP contribution is -2.46. The van der Waals surface area contributed by atoms with Gasteiger partial charge in [0.25, 0.3) is 0 Å². The van der Waals surface area contributed by atoms with Gasteiger partial charge in [-0.05, 0) is 115 Å². The maximum absolute atomic E-state index is 7.41. The molecule has 0 N–H and O–H groups in total. The predicted molar refractivity (Wildman–Crippen MR) is 232 cm³/mol. The molecule has 0 fully saturated rings. The SMILES string of the molecule is CCCCCC[N+](CCCCCC)(c1ccccc1)c1ccc(CCCc2cc3ccc(Cl)c4c5c(Cl)ccc6ccc(Cl)c(c(c2Cl)c34)c65)cc1. The number of quaternary nitrogens is 1. The molecule has 0 heterocycles. The van der Waals surface area contributed by atoms with Gasteiger partial charge in [-0.3, -0.25) is 4.48 Å². The highest BCUT2D eigenvalue weighted by atomic mass is 35.5. The molecule has 7 aromatic rings. The first-order valence-corrected chi connectivity index (χ1v) is 20.8. The van der Waals surface area contributed by atoms with Crippen LogP contribution in [0.2, 0.25) is 20.1 Å². The van der Waals surface area contributed by atoms with E-state index in [-0.39, 0.29) is 0 Å². The van der Waals surface area contributed by atoms with E-state index in [4.69, 9.17) is 46.4 Å². The predicted octanol–water partition coefficient (Wildman–Crippen LogP) is 16.3. The number of unbranched alkanes of at least 4 members (excludes halogenated alkanes) is 6. The van der Waals surface area contributed by atoms with Crippen LogP contribution in [0.25, 0.3) is 43.1 Å². The molecule has 7 rings (SSSR count). The Bertz CT molecular complexity index is 2280. The van der Waals surface area contributed by atoms with E-state index in [9.17, 15) is 0 Å². The van der Waals surface area contributed by atoms with Crippen LogP contribution in [0.4, 0.5) is 11.4 Å². The van der Waals surface area contributed by atoms with Gasteiger partial charge in [-0.1, -0.05) is 134 Å². The van der Waals surface area contributed by atoms with Crippen molar-refractivity contribution < 1.29 is 0 Å². The lowest BCUT2D eigenvalue weighted by atomic mass is 9.88. The van der Waals surface area contributed by atoms with Gasteiger partial charge >= 0.3 is 0 Å². The number of benzene rings is 7. The van der Waals surface area contributed by atoms with E-state index < -0.39 is 0 Å². The number of aryl methyl sites for hydroxylation is 2. The lowest BCUT2D eigenvalue weighted by Gasteiger charge is -2.38. The van der Waals surface area contributed by atoms with E-state index >= 15 is 0 Å². The molecule has 268 valence electrons. The molecule has 0 aliphatic heterocycles. The van der Waals surface area contributed by atoms with Gasteiger partial charge in [-0.2, -0.15) is 0 Å². The van der Waals surface area contributed by atoms with E-state index in [1.807, 2.05) is 30.3 Å². The van der Waals surface area contributed by atoms with Crippen molar-refractivity contribution in [2.24, 2.45) is 0 Å². The van der Waals surface area contributed by atoms with Gasteiger partial charge in [-0.15, -0.1) is 0 Å². The smallest absolute Gasteiger partial charge is 0.137 e. The average molecular weight is 769 g/mol. The van der Waals surface area contributed by atoms with Crippen molar-refractivity contribution in [3.8, 4) is 0 Å². The van der Waals surface area contributed by atoms with Gasteiger partial charge in [0.15, 0.2) is 0 Å². The summed E-state index contributed by atoms with van der Waals surface area (Å²) in [6.07, 6.45) is 13.0. The van der Waals surface area contributed by atoms with Gasteiger partial charge in [-0.25, -0.2) is 0 Å². The Balaban J connectivity index is 1.19. The largest absolute Gasteiger partial charge is 0.259 e. The minimum Gasteiger partial charge on any atom is -0.259 e. The van der Waals surface area contributed by atoms with Crippen molar-refractivity contribution >= 4 is 101 Å². The molecular formula is C47H48Cl4N+. The molecule has 0 unspecified atom stereocenters. The van der Waals surface area contributed by atoms with E-state index in [0.29, 0.717) is 15.1 Å². The second-order valence-electron chi connectivity index (χ2n) is 14.6. The van der Waals surface area contributed by atoms with Crippen LogP contribution in [-0.2, 0) is 12.8 Å². The summed E-state index contributed by atoms with van der Waals surface area (Å²) in [6.45, 7) is 6.87. The third-order valence-electron chi connectivity index (χ3n) is 11.2. The number of halogens is 4. The minimum atomic E-state index is 0.662. The fourth-order valence-electron chi connectivity index (χ4n) is 8.56. The normalized spacial score (nSPS) is 12.3. The van der Waals surface area contributed by atoms with Gasteiger partial charge in [0.1, 0.15) is 11.4 Å². The highest BCUT2D eigenvalue weighted by Crippen LogP contribution is 2.50. The molecule has 0 radical (unpaired) electrons. The zero-order valence-corrected chi connectivity index (χ0v) is 33.4. The van der Waals surface area contributed by atoms with Crippen LogP contribution in [0, 0.1) is 0 Å². The molecule has 0 aromatic heterocycles. The van der Waals surface area contributed by atoms with Crippen LogP contribution in [0.3, 0.4) is 0 Å². The first-order valence-electron chi connectivity index (χ1n) is 19.2. The highest BCUT2D eigenvalue weighted by molar-refractivity contribution is 6.53. The molecule has 0 amide bonds. The summed E-state index contributed by atoms with van der Waals surface area (Å²) >= 11 is 28.2. The van der Waals surface area contributed by atoms with Crippen LogP contribution in [0.5, 0.6) is 0 Å². The van der Waals surface area contributed by atoms with Gasteiger partial charge in [0.05, 0.1) is 18.1 Å². The summed E-state index contributed by atoms with van der Waals surface area (Å²) in [7, 11) is 0. The summed E-state index contributed by atoms with van der Waals surface area (Å²) in [5, 5.41) is 10.7. The number of hydrogen-bond donors (Lipinski definition) is 0. The van der Waals surface area contributed by atoms with Crippen LogP contribution in [0.15, 0.2) is 97.1 Å². The maximum atomic E-state index is 7.41. The summed E-state index contributed by atoms with van der Waals surface area (Å²) in [6, 6.07) is 35.1. The molecule has 0 aliphatic carbocycles. The second-order valence-corrected chi connectivity index (χ2v) is 16.2. The molecule has 7 aromatic carbocycles. The van der Waals surface area contributed by atoms with Crippen molar-refractivity contribution in [3.63, 3.8) is 0 Å². The zero-order valence-electron chi connectivity index (χ0n) is 30.4. The van der Waals surface area contributed by atoms with Crippen LogP contribution in [-0.4, -0.2) is 13.1 Å². The fourth-order valence-corrected chi connectivity index (χ4v) is 9.65. The number of fused-ring (bicyclic) bond motifs is 2. The summed E-state index contributed by atoms with van der Waals surface area (Å²) in [4.78, 5) is 0. The molecule has 0 saturated heterocycles. The zero-order chi connectivity index (χ0) is 36.2. The fraction of sp³-hybridized carbons (Fsp3) is 0.319. The van der Waals surface area contributed by atoms with E-state index in [0.717, 1.165) is 90.5 Å². The molecule has 5 heteroatoms. The van der Waals surface area contributed by atoms with Gasteiger partial charge < -0.3 is 0 Å². The highest BCUT2D eigenvalue weighted by Gasteiger charge is 2.32. The third kappa shape index (κ3) is 7.13. The van der Waals surface area contributed by atoms with Crippen molar-refractivity contribution in [2.45, 2.75) is 84.5 Å². The van der Waals surface area contributed by atoms with Crippen molar-refractivity contribution in [1.82, 2.24) is 4.48 Å². The summed E-state index contributed by atoms with van der Waals surface area (Å²) < 4.78 is 0.930. The Labute approximate surface area is 329 Å². The molecule has 0 saturated carbocycles. The molecule has 0 aliphatic rings. The molecule has 0 atom stereocenters. The monoisotopic (exact) mass is 766 g/mol. The number of para-hydroxylation sites is 1. The first-order chi connectivity index (χ1) is 25.4. The lowest BCUT2D eigenvalue weighted by molar-refractivity contribution is 0.356. The molecular weight excluding hydrogens is 720 g/mol. The van der Waals surface area contributed by atoms with Crippen LogP contribution < -0.4 is 4.48 Å². The van der Waals surface area contributed by atoms with Gasteiger partial charge in [0, 0.05) is 47.4 Å². The maximum Gasteiger partial charge on any atom is 0.137 e. The Morgan fingerprint density at radius 3 is 1.54 bits per heavy atom. The topological polar surface area (TPSA) is 0 Å². The Kier molecular flexibility index (Phi) is 11.9. The first kappa shape index (κ1) is 37.3. The van der Waals surface area contributed by atoms with Crippen LogP contribution in [0.1, 0.15) is 82.8 Å². The minimum absolute atomic E-state index is 0.662. The summed E-state index contributed by atoms with van der Waals surface area (Å²) in [5.74, 6) is 0. The van der Waals surface area contributed by atoms with Gasteiger partial charge in [0.2, 0.25) is 0 Å². The van der Waals surface area contributed by atoms with E-state index in [2.05, 4.69) is 80.6 Å². The Hall–Kier alpha value is -3.04. The Morgan fingerprint density at radius 2 is 0.962 bits per heavy atom. The number of nitrogens with zero attached hydrogens (tertiary/aromatic N) is 1.